The number of nitrogens with zero attached hydrogens (tertiary/aromatic N) is 1. The third-order valence-corrected chi connectivity index (χ3v) is 4.97. The van der Waals surface area contributed by atoms with Gasteiger partial charge < -0.3 is 14.4 Å². The van der Waals surface area contributed by atoms with Crippen LogP contribution in [0.25, 0.3) is 0 Å². The standard InChI is InChI=1S/C20H25NO4/c1-20(13-12-18(22)25-20)17-11-7-2-3-8-14-21(17)19(23)24-15-16-9-5-4-6-10-16/h4-6,9-10,12-13,17H,2-3,7-8,11,14-15H2,1H3/t17-,20-/m1/s1. The van der Waals surface area contributed by atoms with Gasteiger partial charge in [0.05, 0.1) is 6.04 Å². The molecule has 2 aliphatic heterocycles. The Kier molecular flexibility index (Phi) is 5.41. The zero-order valence-electron chi connectivity index (χ0n) is 14.6. The highest BCUT2D eigenvalue weighted by Gasteiger charge is 2.44. The van der Waals surface area contributed by atoms with E-state index in [1.807, 2.05) is 37.3 Å². The van der Waals surface area contributed by atoms with Crippen molar-refractivity contribution in [3.8, 4) is 0 Å². The molecule has 25 heavy (non-hydrogen) atoms. The van der Waals surface area contributed by atoms with Gasteiger partial charge in [-0.3, -0.25) is 0 Å². The molecule has 2 atom stereocenters. The summed E-state index contributed by atoms with van der Waals surface area (Å²) in [7, 11) is 0. The van der Waals surface area contributed by atoms with Gasteiger partial charge >= 0.3 is 12.1 Å². The van der Waals surface area contributed by atoms with Crippen molar-refractivity contribution in [3.63, 3.8) is 0 Å². The van der Waals surface area contributed by atoms with Crippen molar-refractivity contribution in [3.05, 3.63) is 48.0 Å². The van der Waals surface area contributed by atoms with Gasteiger partial charge in [0.15, 0.2) is 0 Å². The Bertz CT molecular complexity index is 642. The Morgan fingerprint density at radius 2 is 2.00 bits per heavy atom. The molecule has 1 aromatic carbocycles. The number of ether oxygens (including phenoxy) is 2. The van der Waals surface area contributed by atoms with Gasteiger partial charge in [0.25, 0.3) is 0 Å². The number of benzene rings is 1. The molecule has 1 saturated heterocycles. The van der Waals surface area contributed by atoms with Crippen molar-refractivity contribution < 1.29 is 19.1 Å². The summed E-state index contributed by atoms with van der Waals surface area (Å²) in [5, 5.41) is 0. The minimum atomic E-state index is -0.778. The third-order valence-electron chi connectivity index (χ3n) is 4.97. The molecule has 3 rings (SSSR count). The van der Waals surface area contributed by atoms with Gasteiger partial charge in [-0.15, -0.1) is 0 Å². The van der Waals surface area contributed by atoms with E-state index in [1.54, 1.807) is 11.0 Å². The lowest BCUT2D eigenvalue weighted by Gasteiger charge is -2.40. The third kappa shape index (κ3) is 4.21. The van der Waals surface area contributed by atoms with Crippen LogP contribution < -0.4 is 0 Å². The highest BCUT2D eigenvalue weighted by molar-refractivity contribution is 5.85. The molecule has 0 unspecified atom stereocenters. The predicted molar refractivity (Wildman–Crippen MR) is 93.8 cm³/mol. The van der Waals surface area contributed by atoms with Crippen LogP contribution in [0.2, 0.25) is 0 Å². The molecule has 5 heteroatoms. The summed E-state index contributed by atoms with van der Waals surface area (Å²) in [5.41, 5.74) is 0.179. The molecule has 134 valence electrons. The topological polar surface area (TPSA) is 55.8 Å². The van der Waals surface area contributed by atoms with Crippen LogP contribution in [0.4, 0.5) is 4.79 Å². The van der Waals surface area contributed by atoms with Gasteiger partial charge in [0.1, 0.15) is 12.2 Å². The van der Waals surface area contributed by atoms with E-state index in [4.69, 9.17) is 9.47 Å². The number of rotatable bonds is 3. The van der Waals surface area contributed by atoms with Crippen molar-refractivity contribution in [2.24, 2.45) is 0 Å². The van der Waals surface area contributed by atoms with E-state index in [9.17, 15) is 9.59 Å². The SMILES string of the molecule is C[C@]1([C@H]2CCCCCCN2C(=O)OCc2ccccc2)C=CC(=O)O1. The molecule has 2 aliphatic rings. The number of carbonyl (C=O) groups excluding carboxylic acids is 2. The van der Waals surface area contributed by atoms with Gasteiger partial charge in [-0.2, -0.15) is 0 Å². The van der Waals surface area contributed by atoms with Crippen LogP contribution in [-0.4, -0.2) is 35.2 Å². The van der Waals surface area contributed by atoms with E-state index in [-0.39, 0.29) is 24.7 Å². The van der Waals surface area contributed by atoms with Gasteiger partial charge in [-0.05, 0) is 31.4 Å². The van der Waals surface area contributed by atoms with Gasteiger partial charge in [-0.1, -0.05) is 49.6 Å². The largest absolute Gasteiger partial charge is 0.450 e. The number of carbonyl (C=O) groups is 2. The molecule has 0 spiro atoms. The maximum atomic E-state index is 12.8. The Morgan fingerprint density at radius 3 is 2.72 bits per heavy atom. The van der Waals surface area contributed by atoms with E-state index in [2.05, 4.69) is 0 Å². The molecule has 0 aliphatic carbocycles. The quantitative estimate of drug-likeness (QED) is 0.783. The monoisotopic (exact) mass is 343 g/mol. The lowest BCUT2D eigenvalue weighted by molar-refractivity contribution is -0.149. The van der Waals surface area contributed by atoms with E-state index in [0.717, 1.165) is 37.7 Å². The van der Waals surface area contributed by atoms with Crippen LogP contribution >= 0.6 is 0 Å². The van der Waals surface area contributed by atoms with Crippen LogP contribution in [-0.2, 0) is 20.9 Å². The van der Waals surface area contributed by atoms with Gasteiger partial charge in [0, 0.05) is 12.6 Å². The summed E-state index contributed by atoms with van der Waals surface area (Å²) in [6.07, 6.45) is 7.87. The first kappa shape index (κ1) is 17.5. The van der Waals surface area contributed by atoms with Crippen LogP contribution in [0.1, 0.15) is 44.6 Å². The fourth-order valence-corrected chi connectivity index (χ4v) is 3.60. The van der Waals surface area contributed by atoms with Crippen molar-refractivity contribution in [1.29, 1.82) is 0 Å². The van der Waals surface area contributed by atoms with Gasteiger partial charge in [0.2, 0.25) is 0 Å². The highest BCUT2D eigenvalue weighted by atomic mass is 16.6. The first-order valence-corrected chi connectivity index (χ1v) is 8.98. The van der Waals surface area contributed by atoms with E-state index < -0.39 is 5.60 Å². The number of likely N-dealkylation sites (tertiary alicyclic amines) is 1. The van der Waals surface area contributed by atoms with Crippen LogP contribution in [0.5, 0.6) is 0 Å². The van der Waals surface area contributed by atoms with Crippen molar-refractivity contribution in [2.75, 3.05) is 6.54 Å². The highest BCUT2D eigenvalue weighted by Crippen LogP contribution is 2.32. The molecule has 1 fully saturated rings. The number of cyclic esters (lactones) is 1. The maximum Gasteiger partial charge on any atom is 0.410 e. The molecule has 0 saturated carbocycles. The van der Waals surface area contributed by atoms with Crippen LogP contribution in [0.15, 0.2) is 42.5 Å². The van der Waals surface area contributed by atoms with Crippen molar-refractivity contribution in [1.82, 2.24) is 4.90 Å². The van der Waals surface area contributed by atoms with Crippen LogP contribution in [0.3, 0.4) is 0 Å². The number of esters is 1. The Labute approximate surface area is 148 Å². The zero-order chi connectivity index (χ0) is 17.7. The smallest absolute Gasteiger partial charge is 0.410 e. The fraction of sp³-hybridized carbons (Fsp3) is 0.500. The fourth-order valence-electron chi connectivity index (χ4n) is 3.60. The molecule has 5 nitrogen and oxygen atoms in total. The second kappa shape index (κ2) is 7.72. The lowest BCUT2D eigenvalue weighted by Crippen LogP contribution is -2.54. The lowest BCUT2D eigenvalue weighted by atomic mass is 9.89. The molecule has 2 heterocycles. The molecule has 0 aromatic heterocycles. The first-order chi connectivity index (χ1) is 12.1. The summed E-state index contributed by atoms with van der Waals surface area (Å²) < 4.78 is 11.1. The predicted octanol–water partition coefficient (Wildman–Crippen LogP) is 3.83. The summed E-state index contributed by atoms with van der Waals surface area (Å²) in [6.45, 7) is 2.74. The molecular formula is C20H25NO4. The molecular weight excluding hydrogens is 318 g/mol. The Hall–Kier alpha value is -2.30. The Morgan fingerprint density at radius 1 is 1.24 bits per heavy atom. The minimum Gasteiger partial charge on any atom is -0.450 e. The summed E-state index contributed by atoms with van der Waals surface area (Å²) in [5.74, 6) is -0.345. The number of hydrogen-bond donors (Lipinski definition) is 0. The molecule has 1 aromatic rings. The second-order valence-corrected chi connectivity index (χ2v) is 6.89. The number of hydrogen-bond acceptors (Lipinski definition) is 4. The van der Waals surface area contributed by atoms with Crippen LogP contribution in [0, 0.1) is 0 Å². The summed E-state index contributed by atoms with van der Waals surface area (Å²) in [6, 6.07) is 9.44. The average Bonchev–Trinajstić information content (AvgIpc) is 2.93. The normalized spacial score (nSPS) is 26.7. The second-order valence-electron chi connectivity index (χ2n) is 6.89. The minimum absolute atomic E-state index is 0.196. The summed E-state index contributed by atoms with van der Waals surface area (Å²) >= 11 is 0. The first-order valence-electron chi connectivity index (χ1n) is 8.98. The molecule has 0 N–H and O–H groups in total. The number of amides is 1. The van der Waals surface area contributed by atoms with E-state index in [1.165, 1.54) is 6.08 Å². The summed E-state index contributed by atoms with van der Waals surface area (Å²) in [4.78, 5) is 26.1. The van der Waals surface area contributed by atoms with E-state index >= 15 is 0 Å². The Balaban J connectivity index is 1.73. The molecule has 0 radical (unpaired) electrons. The average molecular weight is 343 g/mol. The zero-order valence-corrected chi connectivity index (χ0v) is 14.6. The van der Waals surface area contributed by atoms with Crippen molar-refractivity contribution in [2.45, 2.75) is 57.3 Å². The molecule has 1 amide bonds. The molecule has 0 bridgehead atoms. The van der Waals surface area contributed by atoms with Crippen molar-refractivity contribution >= 4 is 12.1 Å². The van der Waals surface area contributed by atoms with E-state index in [0.29, 0.717) is 6.54 Å². The maximum absolute atomic E-state index is 12.8. The van der Waals surface area contributed by atoms with Gasteiger partial charge in [-0.25, -0.2) is 9.59 Å².